The van der Waals surface area contributed by atoms with E-state index in [0.29, 0.717) is 6.54 Å². The van der Waals surface area contributed by atoms with E-state index in [9.17, 15) is 0 Å². The SMILES string of the molecule is Cc1cc(CN)ccc1SOON. The minimum atomic E-state index is 0.542. The highest BCUT2D eigenvalue weighted by Crippen LogP contribution is 2.23. The first kappa shape index (κ1) is 10.5. The number of hydrogen-bond acceptors (Lipinski definition) is 5. The molecule has 0 aliphatic rings. The van der Waals surface area contributed by atoms with Gasteiger partial charge in [0.25, 0.3) is 0 Å². The van der Waals surface area contributed by atoms with Gasteiger partial charge in [-0.1, -0.05) is 12.1 Å². The van der Waals surface area contributed by atoms with E-state index in [0.717, 1.165) is 28.1 Å². The average Bonchev–Trinajstić information content (AvgIpc) is 2.16. The molecule has 0 heterocycles. The molecule has 0 fully saturated rings. The lowest BCUT2D eigenvalue weighted by atomic mass is 10.1. The van der Waals surface area contributed by atoms with Crippen LogP contribution in [0.1, 0.15) is 11.1 Å². The topological polar surface area (TPSA) is 70.5 Å². The predicted octanol–water partition coefficient (Wildman–Crippen LogP) is 1.28. The summed E-state index contributed by atoms with van der Waals surface area (Å²) in [6, 6.07) is 5.86. The molecule has 1 aromatic carbocycles. The van der Waals surface area contributed by atoms with Crippen molar-refractivity contribution in [2.45, 2.75) is 18.4 Å². The van der Waals surface area contributed by atoms with Crippen molar-refractivity contribution >= 4 is 12.0 Å². The van der Waals surface area contributed by atoms with Gasteiger partial charge in [-0.2, -0.15) is 5.90 Å². The number of hydrogen-bond donors (Lipinski definition) is 2. The van der Waals surface area contributed by atoms with Crippen LogP contribution in [0.25, 0.3) is 0 Å². The molecule has 0 atom stereocenters. The smallest absolute Gasteiger partial charge is 0.0705 e. The van der Waals surface area contributed by atoms with Crippen LogP contribution in [0.2, 0.25) is 0 Å². The highest BCUT2D eigenvalue weighted by Gasteiger charge is 2.00. The summed E-state index contributed by atoms with van der Waals surface area (Å²) in [5, 5.41) is 0. The molecule has 0 amide bonds. The maximum absolute atomic E-state index is 5.49. The maximum atomic E-state index is 5.49. The molecule has 0 aliphatic heterocycles. The first-order chi connectivity index (χ1) is 6.27. The summed E-state index contributed by atoms with van der Waals surface area (Å²) < 4.78 is 4.54. The Morgan fingerprint density at radius 1 is 1.46 bits per heavy atom. The van der Waals surface area contributed by atoms with E-state index in [1.807, 2.05) is 25.1 Å². The monoisotopic (exact) mass is 200 g/mol. The van der Waals surface area contributed by atoms with Crippen LogP contribution in [-0.2, 0) is 15.9 Å². The van der Waals surface area contributed by atoms with E-state index in [-0.39, 0.29) is 0 Å². The summed E-state index contributed by atoms with van der Waals surface area (Å²) >= 11 is 1.08. The molecule has 4 nitrogen and oxygen atoms in total. The zero-order valence-corrected chi connectivity index (χ0v) is 8.14. The largest absolute Gasteiger partial charge is 0.326 e. The zero-order chi connectivity index (χ0) is 9.68. The number of benzene rings is 1. The van der Waals surface area contributed by atoms with Gasteiger partial charge in [-0.3, -0.25) is 0 Å². The lowest BCUT2D eigenvalue weighted by Gasteiger charge is -2.04. The summed E-state index contributed by atoms with van der Waals surface area (Å²) in [5.74, 6) is 4.72. The van der Waals surface area contributed by atoms with Gasteiger partial charge in [0.2, 0.25) is 0 Å². The van der Waals surface area contributed by atoms with Crippen LogP contribution in [0.5, 0.6) is 0 Å². The Balaban J connectivity index is 2.73. The third-order valence-corrected chi connectivity index (χ3v) is 2.42. The first-order valence-corrected chi connectivity index (χ1v) is 4.51. The van der Waals surface area contributed by atoms with Crippen molar-refractivity contribution in [3.8, 4) is 0 Å². The summed E-state index contributed by atoms with van der Waals surface area (Å²) in [6.07, 6.45) is 0. The van der Waals surface area contributed by atoms with Gasteiger partial charge in [-0.25, -0.2) is 0 Å². The molecule has 72 valence electrons. The fourth-order valence-corrected chi connectivity index (χ4v) is 1.41. The fourth-order valence-electron chi connectivity index (χ4n) is 0.988. The Labute approximate surface area is 81.3 Å². The van der Waals surface area contributed by atoms with Gasteiger partial charge < -0.3 is 5.73 Å². The number of nitrogens with two attached hydrogens (primary N) is 2. The van der Waals surface area contributed by atoms with Gasteiger partial charge >= 0.3 is 0 Å². The second kappa shape index (κ2) is 5.21. The van der Waals surface area contributed by atoms with E-state index in [4.69, 9.17) is 11.6 Å². The van der Waals surface area contributed by atoms with Gasteiger partial charge in [-0.05, 0) is 24.1 Å². The Hall–Kier alpha value is -0.590. The van der Waals surface area contributed by atoms with Gasteiger partial charge in [0.1, 0.15) is 0 Å². The molecule has 1 rings (SSSR count). The highest BCUT2D eigenvalue weighted by atomic mass is 32.2. The van der Waals surface area contributed by atoms with E-state index in [1.165, 1.54) is 0 Å². The molecule has 5 heteroatoms. The minimum Gasteiger partial charge on any atom is -0.326 e. The Morgan fingerprint density at radius 3 is 2.77 bits per heavy atom. The molecular formula is C8H12N2O2S. The molecule has 0 unspecified atom stereocenters. The van der Waals surface area contributed by atoms with Gasteiger partial charge in [0, 0.05) is 11.4 Å². The molecule has 0 aromatic heterocycles. The van der Waals surface area contributed by atoms with Crippen LogP contribution in [-0.4, -0.2) is 0 Å². The number of aryl methyl sites for hydroxylation is 1. The highest BCUT2D eigenvalue weighted by molar-refractivity contribution is 7.94. The molecule has 0 spiro atoms. The van der Waals surface area contributed by atoms with Crippen LogP contribution in [0, 0.1) is 6.92 Å². The van der Waals surface area contributed by atoms with E-state index < -0.39 is 0 Å². The minimum absolute atomic E-state index is 0.542. The van der Waals surface area contributed by atoms with Gasteiger partial charge in [-0.15, -0.1) is 9.32 Å². The van der Waals surface area contributed by atoms with Crippen molar-refractivity contribution in [3.63, 3.8) is 0 Å². The van der Waals surface area contributed by atoms with Crippen molar-refractivity contribution in [3.05, 3.63) is 29.3 Å². The van der Waals surface area contributed by atoms with Crippen molar-refractivity contribution < 1.29 is 9.32 Å². The van der Waals surface area contributed by atoms with Gasteiger partial charge in [0.15, 0.2) is 0 Å². The maximum Gasteiger partial charge on any atom is 0.0705 e. The third kappa shape index (κ3) is 2.98. The molecule has 0 saturated heterocycles. The van der Waals surface area contributed by atoms with Crippen LogP contribution in [0.4, 0.5) is 0 Å². The molecule has 1 aromatic rings. The molecule has 13 heavy (non-hydrogen) atoms. The molecule has 4 N–H and O–H groups in total. The molecule has 0 bridgehead atoms. The normalized spacial score (nSPS) is 10.4. The summed E-state index contributed by atoms with van der Waals surface area (Å²) in [5.41, 5.74) is 7.67. The Bertz CT molecular complexity index is 281. The third-order valence-electron chi connectivity index (χ3n) is 1.64. The second-order valence-corrected chi connectivity index (χ2v) is 3.29. The van der Waals surface area contributed by atoms with Crippen molar-refractivity contribution in [2.75, 3.05) is 0 Å². The zero-order valence-electron chi connectivity index (χ0n) is 7.32. The Morgan fingerprint density at radius 2 is 2.23 bits per heavy atom. The lowest BCUT2D eigenvalue weighted by Crippen LogP contribution is -1.97. The van der Waals surface area contributed by atoms with Crippen molar-refractivity contribution in [2.24, 2.45) is 11.6 Å². The van der Waals surface area contributed by atoms with Crippen LogP contribution < -0.4 is 11.6 Å². The van der Waals surface area contributed by atoms with Crippen LogP contribution >= 0.6 is 12.0 Å². The van der Waals surface area contributed by atoms with Crippen LogP contribution in [0.15, 0.2) is 23.1 Å². The average molecular weight is 200 g/mol. The predicted molar refractivity (Wildman–Crippen MR) is 51.3 cm³/mol. The second-order valence-electron chi connectivity index (χ2n) is 2.55. The van der Waals surface area contributed by atoms with E-state index in [1.54, 1.807) is 0 Å². The van der Waals surface area contributed by atoms with Crippen LogP contribution in [0.3, 0.4) is 0 Å². The molecule has 0 saturated carbocycles. The molecule has 0 radical (unpaired) electrons. The number of rotatable bonds is 4. The van der Waals surface area contributed by atoms with Gasteiger partial charge in [0.05, 0.1) is 12.0 Å². The quantitative estimate of drug-likeness (QED) is 0.435. The standard InChI is InChI=1S/C8H12N2O2S/c1-6-4-7(5-9)2-3-8(6)13-12-11-10/h2-4H,5,9-10H2,1H3. The van der Waals surface area contributed by atoms with Crippen molar-refractivity contribution in [1.29, 1.82) is 0 Å². The summed E-state index contributed by atoms with van der Waals surface area (Å²) in [4.78, 5) is 4.96. The van der Waals surface area contributed by atoms with E-state index >= 15 is 0 Å². The molecule has 0 aliphatic carbocycles. The van der Waals surface area contributed by atoms with E-state index in [2.05, 4.69) is 9.32 Å². The Kier molecular flexibility index (Phi) is 4.20. The van der Waals surface area contributed by atoms with Crippen molar-refractivity contribution in [1.82, 2.24) is 0 Å². The lowest BCUT2D eigenvalue weighted by molar-refractivity contribution is -0.195. The fraction of sp³-hybridized carbons (Fsp3) is 0.250. The summed E-state index contributed by atoms with van der Waals surface area (Å²) in [6.45, 7) is 2.52. The summed E-state index contributed by atoms with van der Waals surface area (Å²) in [7, 11) is 0. The first-order valence-electron chi connectivity index (χ1n) is 3.77. The molecular weight excluding hydrogens is 188 g/mol.